The van der Waals surface area contributed by atoms with Gasteiger partial charge in [-0.25, -0.2) is 4.79 Å². The molecule has 0 bridgehead atoms. The minimum Gasteiger partial charge on any atom is -0.507 e. The molecule has 2 aromatic carbocycles. The second-order valence-corrected chi connectivity index (χ2v) is 6.15. The number of piperidine rings is 1. The molecule has 0 aromatic heterocycles. The van der Waals surface area contributed by atoms with Crippen LogP contribution in [-0.4, -0.2) is 47.7 Å². The van der Waals surface area contributed by atoms with E-state index in [1.807, 2.05) is 24.3 Å². The van der Waals surface area contributed by atoms with E-state index in [4.69, 9.17) is 4.74 Å². The molecule has 2 amide bonds. The molecule has 0 saturated carbocycles. The van der Waals surface area contributed by atoms with Crippen LogP contribution < -0.4 is 5.32 Å². The fraction of sp³-hybridized carbons (Fsp3) is 0.368. The number of hydrogen-bond acceptors (Lipinski definition) is 4. The van der Waals surface area contributed by atoms with Crippen LogP contribution in [0.1, 0.15) is 30.1 Å². The Morgan fingerprint density at radius 2 is 1.84 bits per heavy atom. The summed E-state index contributed by atoms with van der Waals surface area (Å²) >= 11 is 0. The first-order valence-electron chi connectivity index (χ1n) is 8.53. The largest absolute Gasteiger partial charge is 0.507 e. The third-order valence-corrected chi connectivity index (χ3v) is 4.46. The number of ether oxygens (including phenoxy) is 1. The molecule has 1 saturated heterocycles. The Bertz CT molecular complexity index is 782. The quantitative estimate of drug-likeness (QED) is 0.899. The molecule has 132 valence electrons. The first-order chi connectivity index (χ1) is 12.1. The Morgan fingerprint density at radius 3 is 2.48 bits per heavy atom. The lowest BCUT2D eigenvalue weighted by Crippen LogP contribution is -2.46. The summed E-state index contributed by atoms with van der Waals surface area (Å²) in [5, 5.41) is 14.9. The van der Waals surface area contributed by atoms with Gasteiger partial charge in [-0.15, -0.1) is 0 Å². The van der Waals surface area contributed by atoms with Crippen molar-refractivity contribution < 1.29 is 19.4 Å². The SMILES string of the molecule is CCOC(=O)N1CCC(NC(=O)c2cc3ccccc3cc2O)CC1. The monoisotopic (exact) mass is 342 g/mol. The van der Waals surface area contributed by atoms with Gasteiger partial charge in [0.2, 0.25) is 0 Å². The Kier molecular flexibility index (Phi) is 5.07. The molecule has 1 aliphatic heterocycles. The lowest BCUT2D eigenvalue weighted by molar-refractivity contribution is 0.0858. The second-order valence-electron chi connectivity index (χ2n) is 6.15. The third-order valence-electron chi connectivity index (χ3n) is 4.46. The number of hydrogen-bond donors (Lipinski definition) is 2. The van der Waals surface area contributed by atoms with Crippen molar-refractivity contribution in [2.75, 3.05) is 19.7 Å². The van der Waals surface area contributed by atoms with Crippen molar-refractivity contribution in [2.24, 2.45) is 0 Å². The fourth-order valence-corrected chi connectivity index (χ4v) is 3.09. The molecule has 2 N–H and O–H groups in total. The molecule has 0 aliphatic carbocycles. The van der Waals surface area contributed by atoms with Crippen LogP contribution in [-0.2, 0) is 4.74 Å². The second kappa shape index (κ2) is 7.42. The summed E-state index contributed by atoms with van der Waals surface area (Å²) < 4.78 is 4.99. The van der Waals surface area contributed by atoms with Gasteiger partial charge in [-0.1, -0.05) is 24.3 Å². The summed E-state index contributed by atoms with van der Waals surface area (Å²) in [6, 6.07) is 10.9. The van der Waals surface area contributed by atoms with Crippen molar-refractivity contribution in [3.05, 3.63) is 42.0 Å². The van der Waals surface area contributed by atoms with Gasteiger partial charge >= 0.3 is 6.09 Å². The van der Waals surface area contributed by atoms with E-state index in [0.29, 0.717) is 32.5 Å². The summed E-state index contributed by atoms with van der Waals surface area (Å²) in [6.07, 6.45) is 1.03. The average Bonchev–Trinajstić information content (AvgIpc) is 2.62. The maximum atomic E-state index is 12.5. The molecular formula is C19H22N2O4. The van der Waals surface area contributed by atoms with E-state index >= 15 is 0 Å². The number of amides is 2. The molecule has 0 radical (unpaired) electrons. The number of phenols is 1. The van der Waals surface area contributed by atoms with E-state index in [1.54, 1.807) is 24.0 Å². The van der Waals surface area contributed by atoms with E-state index in [2.05, 4.69) is 5.32 Å². The zero-order valence-corrected chi connectivity index (χ0v) is 14.2. The number of rotatable bonds is 3. The number of fused-ring (bicyclic) bond motifs is 1. The van der Waals surface area contributed by atoms with E-state index in [0.717, 1.165) is 10.8 Å². The zero-order valence-electron chi connectivity index (χ0n) is 14.2. The van der Waals surface area contributed by atoms with Crippen molar-refractivity contribution in [3.8, 4) is 5.75 Å². The molecule has 1 fully saturated rings. The molecule has 0 unspecified atom stereocenters. The third kappa shape index (κ3) is 3.84. The van der Waals surface area contributed by atoms with Crippen molar-refractivity contribution in [3.63, 3.8) is 0 Å². The maximum Gasteiger partial charge on any atom is 0.409 e. The first kappa shape index (κ1) is 17.1. The predicted molar refractivity (Wildman–Crippen MR) is 94.7 cm³/mol. The number of nitrogens with zero attached hydrogens (tertiary/aromatic N) is 1. The summed E-state index contributed by atoms with van der Waals surface area (Å²) in [5.74, 6) is -0.321. The lowest BCUT2D eigenvalue weighted by Gasteiger charge is -2.31. The molecule has 1 heterocycles. The molecule has 6 nitrogen and oxygen atoms in total. The minimum absolute atomic E-state index is 0.0240. The molecular weight excluding hydrogens is 320 g/mol. The molecule has 6 heteroatoms. The molecule has 0 spiro atoms. The smallest absolute Gasteiger partial charge is 0.409 e. The normalized spacial score (nSPS) is 15.2. The number of likely N-dealkylation sites (tertiary alicyclic amines) is 1. The maximum absolute atomic E-state index is 12.5. The van der Waals surface area contributed by atoms with Gasteiger partial charge in [0.25, 0.3) is 5.91 Å². The van der Waals surface area contributed by atoms with Crippen LogP contribution >= 0.6 is 0 Å². The van der Waals surface area contributed by atoms with Gasteiger partial charge in [-0.3, -0.25) is 4.79 Å². The lowest BCUT2D eigenvalue weighted by atomic mass is 10.0. The Morgan fingerprint density at radius 1 is 1.20 bits per heavy atom. The molecule has 2 aromatic rings. The standard InChI is InChI=1S/C19H22N2O4/c1-2-25-19(24)21-9-7-15(8-10-21)20-18(23)16-11-13-5-3-4-6-14(13)12-17(16)22/h3-6,11-12,15,22H,2,7-10H2,1H3,(H,20,23). The predicted octanol–water partition coefficient (Wildman–Crippen LogP) is 2.90. The number of nitrogens with one attached hydrogen (secondary N) is 1. The fourth-order valence-electron chi connectivity index (χ4n) is 3.09. The topological polar surface area (TPSA) is 78.9 Å². The van der Waals surface area contributed by atoms with Gasteiger partial charge < -0.3 is 20.1 Å². The highest BCUT2D eigenvalue weighted by Gasteiger charge is 2.25. The summed E-state index contributed by atoms with van der Waals surface area (Å²) in [5.41, 5.74) is 0.270. The Labute approximate surface area is 146 Å². The van der Waals surface area contributed by atoms with Crippen LogP contribution in [0, 0.1) is 0 Å². The highest BCUT2D eigenvalue weighted by molar-refractivity contribution is 6.01. The van der Waals surface area contributed by atoms with Gasteiger partial charge in [0.15, 0.2) is 0 Å². The van der Waals surface area contributed by atoms with Crippen LogP contribution in [0.2, 0.25) is 0 Å². The number of aromatic hydroxyl groups is 1. The van der Waals surface area contributed by atoms with Gasteiger partial charge in [-0.2, -0.15) is 0 Å². The summed E-state index contributed by atoms with van der Waals surface area (Å²) in [7, 11) is 0. The zero-order chi connectivity index (χ0) is 17.8. The van der Waals surface area contributed by atoms with E-state index in [9.17, 15) is 14.7 Å². The number of carbonyl (C=O) groups excluding carboxylic acids is 2. The molecule has 1 aliphatic rings. The first-order valence-corrected chi connectivity index (χ1v) is 8.53. The number of benzene rings is 2. The van der Waals surface area contributed by atoms with Crippen LogP contribution in [0.5, 0.6) is 5.75 Å². The van der Waals surface area contributed by atoms with Crippen molar-refractivity contribution in [1.82, 2.24) is 10.2 Å². The van der Waals surface area contributed by atoms with Crippen LogP contribution in [0.25, 0.3) is 10.8 Å². The van der Waals surface area contributed by atoms with Crippen LogP contribution in [0.15, 0.2) is 36.4 Å². The van der Waals surface area contributed by atoms with Gasteiger partial charge in [0, 0.05) is 19.1 Å². The Hall–Kier alpha value is -2.76. The van der Waals surface area contributed by atoms with E-state index < -0.39 is 0 Å². The highest BCUT2D eigenvalue weighted by Crippen LogP contribution is 2.25. The van der Waals surface area contributed by atoms with Crippen LogP contribution in [0.3, 0.4) is 0 Å². The number of carbonyl (C=O) groups is 2. The van der Waals surface area contributed by atoms with Crippen molar-refractivity contribution in [2.45, 2.75) is 25.8 Å². The van der Waals surface area contributed by atoms with Gasteiger partial charge in [-0.05, 0) is 42.7 Å². The number of phenolic OH excluding ortho intramolecular Hbond substituents is 1. The molecule has 0 atom stereocenters. The van der Waals surface area contributed by atoms with Crippen molar-refractivity contribution >= 4 is 22.8 Å². The van der Waals surface area contributed by atoms with Gasteiger partial charge in [0.1, 0.15) is 5.75 Å². The summed E-state index contributed by atoms with van der Waals surface area (Å²) in [6.45, 7) is 3.23. The Balaban J connectivity index is 1.63. The highest BCUT2D eigenvalue weighted by atomic mass is 16.6. The van der Waals surface area contributed by atoms with E-state index in [1.165, 1.54) is 0 Å². The molecule has 25 heavy (non-hydrogen) atoms. The average molecular weight is 342 g/mol. The summed E-state index contributed by atoms with van der Waals surface area (Å²) in [4.78, 5) is 25.9. The van der Waals surface area contributed by atoms with Gasteiger partial charge in [0.05, 0.1) is 12.2 Å². The van der Waals surface area contributed by atoms with Crippen molar-refractivity contribution in [1.29, 1.82) is 0 Å². The van der Waals surface area contributed by atoms with Crippen LogP contribution in [0.4, 0.5) is 4.79 Å². The van der Waals surface area contributed by atoms with E-state index in [-0.39, 0.29) is 29.4 Å². The molecule has 3 rings (SSSR count). The minimum atomic E-state index is -0.306.